The molecule has 6 heteroatoms. The molecule has 3 rings (SSSR count). The molecule has 0 unspecified atom stereocenters. The quantitative estimate of drug-likeness (QED) is 0.718. The first kappa shape index (κ1) is 12.4. The largest absolute Gasteiger partial charge is 0.479 e. The van der Waals surface area contributed by atoms with Crippen molar-refractivity contribution in [1.29, 1.82) is 0 Å². The molecule has 0 aliphatic heterocycles. The van der Waals surface area contributed by atoms with Crippen molar-refractivity contribution < 1.29 is 9.57 Å². The molecule has 3 aromatic rings. The SMILES string of the molecule is COc1nc(Cc2ccccc2)nc2c1ncn2OC. The summed E-state index contributed by atoms with van der Waals surface area (Å²) in [6, 6.07) is 10.0. The van der Waals surface area contributed by atoms with Gasteiger partial charge in [-0.2, -0.15) is 9.71 Å². The Bertz CT molecular complexity index is 725. The third-order valence-corrected chi connectivity index (χ3v) is 2.98. The molecular formula is C14H14N4O2. The molecule has 0 bridgehead atoms. The van der Waals surface area contributed by atoms with Gasteiger partial charge in [-0.15, -0.1) is 0 Å². The summed E-state index contributed by atoms with van der Waals surface area (Å²) in [5, 5.41) is 0. The summed E-state index contributed by atoms with van der Waals surface area (Å²) in [4.78, 5) is 18.3. The number of nitrogens with zero attached hydrogens (tertiary/aromatic N) is 4. The Balaban J connectivity index is 2.07. The minimum atomic E-state index is 0.455. The number of hydrogen-bond donors (Lipinski definition) is 0. The van der Waals surface area contributed by atoms with Crippen LogP contribution in [0.2, 0.25) is 0 Å². The lowest BCUT2D eigenvalue weighted by Crippen LogP contribution is -2.07. The van der Waals surface area contributed by atoms with Crippen LogP contribution in [0.3, 0.4) is 0 Å². The van der Waals surface area contributed by atoms with Crippen molar-refractivity contribution in [1.82, 2.24) is 19.7 Å². The molecule has 6 nitrogen and oxygen atoms in total. The molecule has 0 radical (unpaired) electrons. The highest BCUT2D eigenvalue weighted by Gasteiger charge is 2.14. The average molecular weight is 270 g/mol. The van der Waals surface area contributed by atoms with Crippen molar-refractivity contribution >= 4 is 11.2 Å². The normalized spacial score (nSPS) is 10.7. The number of hydrogen-bond acceptors (Lipinski definition) is 5. The standard InChI is InChI=1S/C14H14N4O2/c1-19-14-12-13(18(20-2)9-15-12)16-11(17-14)8-10-6-4-3-5-7-10/h3-7,9H,8H2,1-2H3. The summed E-state index contributed by atoms with van der Waals surface area (Å²) in [6.45, 7) is 0. The number of ether oxygens (including phenoxy) is 1. The predicted molar refractivity (Wildman–Crippen MR) is 73.6 cm³/mol. The van der Waals surface area contributed by atoms with E-state index >= 15 is 0 Å². The zero-order valence-electron chi connectivity index (χ0n) is 11.3. The highest BCUT2D eigenvalue weighted by molar-refractivity contribution is 5.76. The molecular weight excluding hydrogens is 256 g/mol. The van der Waals surface area contributed by atoms with E-state index in [9.17, 15) is 0 Å². The van der Waals surface area contributed by atoms with Gasteiger partial charge in [0.2, 0.25) is 11.5 Å². The van der Waals surface area contributed by atoms with E-state index in [0.717, 1.165) is 5.56 Å². The van der Waals surface area contributed by atoms with Gasteiger partial charge in [0, 0.05) is 6.42 Å². The second kappa shape index (κ2) is 5.16. The van der Waals surface area contributed by atoms with Crippen LogP contribution in [0.15, 0.2) is 36.7 Å². The van der Waals surface area contributed by atoms with Crippen molar-refractivity contribution in [3.8, 4) is 5.88 Å². The van der Waals surface area contributed by atoms with Gasteiger partial charge in [-0.3, -0.25) is 0 Å². The van der Waals surface area contributed by atoms with Gasteiger partial charge in [0.1, 0.15) is 19.3 Å². The number of methoxy groups -OCH3 is 1. The molecule has 0 amide bonds. The van der Waals surface area contributed by atoms with E-state index in [-0.39, 0.29) is 0 Å². The Labute approximate surface area is 116 Å². The topological polar surface area (TPSA) is 62.1 Å². The van der Waals surface area contributed by atoms with Gasteiger partial charge in [0.15, 0.2) is 5.52 Å². The summed E-state index contributed by atoms with van der Waals surface area (Å²) in [6.07, 6.45) is 2.18. The van der Waals surface area contributed by atoms with Crippen molar-refractivity contribution in [3.63, 3.8) is 0 Å². The maximum Gasteiger partial charge on any atom is 0.245 e. The van der Waals surface area contributed by atoms with E-state index in [2.05, 4.69) is 15.0 Å². The summed E-state index contributed by atoms with van der Waals surface area (Å²) in [5.41, 5.74) is 2.33. The number of imidazole rings is 1. The fourth-order valence-electron chi connectivity index (χ4n) is 2.03. The molecule has 0 aliphatic rings. The molecule has 1 aromatic carbocycles. The second-order valence-electron chi connectivity index (χ2n) is 4.24. The fraction of sp³-hybridized carbons (Fsp3) is 0.214. The zero-order valence-corrected chi connectivity index (χ0v) is 11.3. The summed E-state index contributed by atoms with van der Waals surface area (Å²) < 4.78 is 6.78. The van der Waals surface area contributed by atoms with Crippen LogP contribution in [-0.4, -0.2) is 33.9 Å². The molecule has 2 aromatic heterocycles. The van der Waals surface area contributed by atoms with Crippen LogP contribution in [0.4, 0.5) is 0 Å². The number of benzene rings is 1. The molecule has 0 fully saturated rings. The molecule has 20 heavy (non-hydrogen) atoms. The fourth-order valence-corrected chi connectivity index (χ4v) is 2.03. The van der Waals surface area contributed by atoms with Crippen molar-refractivity contribution in [2.45, 2.75) is 6.42 Å². The predicted octanol–water partition coefficient (Wildman–Crippen LogP) is 1.48. The second-order valence-corrected chi connectivity index (χ2v) is 4.24. The van der Waals surface area contributed by atoms with Crippen LogP contribution in [-0.2, 0) is 6.42 Å². The van der Waals surface area contributed by atoms with Gasteiger partial charge in [-0.25, -0.2) is 9.97 Å². The maximum atomic E-state index is 5.28. The first-order valence-electron chi connectivity index (χ1n) is 6.18. The lowest BCUT2D eigenvalue weighted by molar-refractivity contribution is 0.175. The number of rotatable bonds is 4. The van der Waals surface area contributed by atoms with Crippen LogP contribution < -0.4 is 9.57 Å². The van der Waals surface area contributed by atoms with E-state index in [1.165, 1.54) is 4.73 Å². The van der Waals surface area contributed by atoms with Gasteiger partial charge < -0.3 is 9.57 Å². The Morgan fingerprint density at radius 1 is 1.10 bits per heavy atom. The van der Waals surface area contributed by atoms with E-state index in [1.807, 2.05) is 30.3 Å². The van der Waals surface area contributed by atoms with Crippen molar-refractivity contribution in [3.05, 3.63) is 48.0 Å². The lowest BCUT2D eigenvalue weighted by Gasteiger charge is -2.06. The van der Waals surface area contributed by atoms with Crippen LogP contribution in [0.5, 0.6) is 5.88 Å². The Hall–Kier alpha value is -2.63. The van der Waals surface area contributed by atoms with E-state index in [0.29, 0.717) is 29.3 Å². The molecule has 0 N–H and O–H groups in total. The Morgan fingerprint density at radius 2 is 1.90 bits per heavy atom. The minimum absolute atomic E-state index is 0.455. The number of aromatic nitrogens is 4. The lowest BCUT2D eigenvalue weighted by atomic mass is 10.1. The molecule has 0 saturated heterocycles. The molecule has 102 valence electrons. The molecule has 0 saturated carbocycles. The third-order valence-electron chi connectivity index (χ3n) is 2.98. The highest BCUT2D eigenvalue weighted by atomic mass is 16.6. The van der Waals surface area contributed by atoms with Crippen molar-refractivity contribution in [2.24, 2.45) is 0 Å². The van der Waals surface area contributed by atoms with Crippen LogP contribution in [0.25, 0.3) is 11.2 Å². The van der Waals surface area contributed by atoms with Gasteiger partial charge in [0.05, 0.1) is 7.11 Å². The third kappa shape index (κ3) is 2.16. The Kier molecular flexibility index (Phi) is 3.20. The average Bonchev–Trinajstić information content (AvgIpc) is 2.90. The Morgan fingerprint density at radius 3 is 2.60 bits per heavy atom. The van der Waals surface area contributed by atoms with E-state index in [4.69, 9.17) is 9.57 Å². The van der Waals surface area contributed by atoms with E-state index in [1.54, 1.807) is 20.5 Å². The van der Waals surface area contributed by atoms with Gasteiger partial charge in [-0.1, -0.05) is 30.3 Å². The first-order chi connectivity index (χ1) is 9.81. The van der Waals surface area contributed by atoms with Crippen LogP contribution >= 0.6 is 0 Å². The molecule has 0 aliphatic carbocycles. The smallest absolute Gasteiger partial charge is 0.245 e. The zero-order chi connectivity index (χ0) is 13.9. The highest BCUT2D eigenvalue weighted by Crippen LogP contribution is 2.21. The summed E-state index contributed by atoms with van der Waals surface area (Å²) in [5.74, 6) is 1.12. The monoisotopic (exact) mass is 270 g/mol. The van der Waals surface area contributed by atoms with Crippen LogP contribution in [0, 0.1) is 0 Å². The van der Waals surface area contributed by atoms with E-state index < -0.39 is 0 Å². The molecule has 0 spiro atoms. The summed E-state index contributed by atoms with van der Waals surface area (Å²) >= 11 is 0. The van der Waals surface area contributed by atoms with Crippen LogP contribution in [0.1, 0.15) is 11.4 Å². The molecule has 2 heterocycles. The van der Waals surface area contributed by atoms with Gasteiger partial charge in [0.25, 0.3) is 0 Å². The minimum Gasteiger partial charge on any atom is -0.479 e. The van der Waals surface area contributed by atoms with Gasteiger partial charge >= 0.3 is 0 Å². The summed E-state index contributed by atoms with van der Waals surface area (Å²) in [7, 11) is 3.13. The molecule has 0 atom stereocenters. The van der Waals surface area contributed by atoms with Gasteiger partial charge in [-0.05, 0) is 5.56 Å². The number of fused-ring (bicyclic) bond motifs is 1. The first-order valence-corrected chi connectivity index (χ1v) is 6.18. The maximum absolute atomic E-state index is 5.28. The van der Waals surface area contributed by atoms with Crippen molar-refractivity contribution in [2.75, 3.05) is 14.2 Å².